The van der Waals surface area contributed by atoms with E-state index < -0.39 is 5.85 Å². The molecular weight excluding hydrogens is 227 g/mol. The van der Waals surface area contributed by atoms with E-state index in [-0.39, 0.29) is 6.42 Å². The summed E-state index contributed by atoms with van der Waals surface area (Å²) < 4.78 is 12.5. The van der Waals surface area contributed by atoms with Crippen LogP contribution in [0.1, 0.15) is 34.1 Å². The highest BCUT2D eigenvalue weighted by atomic mass is 19.2. The zero-order chi connectivity index (χ0) is 14.6. The van der Waals surface area contributed by atoms with Crippen molar-refractivity contribution >= 4 is 0 Å². The van der Waals surface area contributed by atoms with Crippen molar-refractivity contribution in [2.45, 2.75) is 40.0 Å². The van der Waals surface area contributed by atoms with Gasteiger partial charge in [-0.05, 0) is 26.0 Å². The largest absolute Gasteiger partial charge is 0.358 e. The van der Waals surface area contributed by atoms with Gasteiger partial charge in [0.2, 0.25) is 5.85 Å². The van der Waals surface area contributed by atoms with Crippen LogP contribution in [0.4, 0.5) is 4.39 Å². The molecule has 0 aliphatic heterocycles. The zero-order valence-electron chi connectivity index (χ0n) is 11.7. The fourth-order valence-corrected chi connectivity index (χ4v) is 0.890. The van der Waals surface area contributed by atoms with Crippen LogP contribution in [0.5, 0.6) is 0 Å². The molecule has 1 rings (SSSR count). The van der Waals surface area contributed by atoms with E-state index in [0.29, 0.717) is 0 Å². The van der Waals surface area contributed by atoms with E-state index in [4.69, 9.17) is 11.5 Å². The number of halogens is 1. The van der Waals surface area contributed by atoms with Crippen molar-refractivity contribution in [2.24, 2.45) is 0 Å². The Morgan fingerprint density at radius 2 is 2.17 bits per heavy atom. The first-order valence-electron chi connectivity index (χ1n) is 5.93. The maximum atomic E-state index is 12.5. The van der Waals surface area contributed by atoms with Gasteiger partial charge in [-0.3, -0.25) is 0 Å². The van der Waals surface area contributed by atoms with E-state index in [1.807, 2.05) is 27.7 Å². The Kier molecular flexibility index (Phi) is 11.0. The van der Waals surface area contributed by atoms with E-state index in [1.165, 1.54) is 6.08 Å². The quantitative estimate of drug-likeness (QED) is 0.542. The predicted octanol–water partition coefficient (Wildman–Crippen LogP) is 4.33. The molecule has 1 N–H and O–H groups in total. The van der Waals surface area contributed by atoms with Gasteiger partial charge in [-0.2, -0.15) is 0 Å². The number of aliphatic hydroxyl groups is 1. The van der Waals surface area contributed by atoms with Gasteiger partial charge in [0.1, 0.15) is 0 Å². The Hall–Kier alpha value is -1.59. The van der Waals surface area contributed by atoms with Gasteiger partial charge in [-0.15, -0.1) is 6.42 Å². The first-order chi connectivity index (χ1) is 8.37. The van der Waals surface area contributed by atoms with Gasteiger partial charge in [-0.25, -0.2) is 4.39 Å². The molecule has 0 saturated heterocycles. The Labute approximate surface area is 110 Å². The highest BCUT2D eigenvalue weighted by Gasteiger charge is 2.21. The smallest absolute Gasteiger partial charge is 0.229 e. The molecule has 0 spiro atoms. The SMILES string of the molecule is C#C/C=C\C(=C)C.CC.CC1=CCC(O)(F)C=C1. The monoisotopic (exact) mass is 250 g/mol. The third kappa shape index (κ3) is 12.5. The van der Waals surface area contributed by atoms with Crippen molar-refractivity contribution in [1.29, 1.82) is 0 Å². The fraction of sp³-hybridized carbons (Fsp3) is 0.375. The molecule has 100 valence electrons. The van der Waals surface area contributed by atoms with Crippen LogP contribution in [-0.2, 0) is 0 Å². The number of allylic oxidation sites excluding steroid dienone is 5. The number of hydrogen-bond acceptors (Lipinski definition) is 1. The first kappa shape index (κ1) is 18.8. The number of terminal acetylenes is 1. The molecule has 0 aromatic heterocycles. The molecule has 1 atom stereocenters. The third-order valence-electron chi connectivity index (χ3n) is 1.78. The van der Waals surface area contributed by atoms with Crippen LogP contribution in [0.25, 0.3) is 0 Å². The van der Waals surface area contributed by atoms with Gasteiger partial charge in [0, 0.05) is 6.42 Å². The third-order valence-corrected chi connectivity index (χ3v) is 1.78. The molecule has 2 heteroatoms. The average Bonchev–Trinajstić information content (AvgIpc) is 2.34. The summed E-state index contributed by atoms with van der Waals surface area (Å²) in [4.78, 5) is 0. The van der Waals surface area contributed by atoms with Crippen LogP contribution in [0.3, 0.4) is 0 Å². The Morgan fingerprint density at radius 1 is 1.61 bits per heavy atom. The summed E-state index contributed by atoms with van der Waals surface area (Å²) >= 11 is 0. The summed E-state index contributed by atoms with van der Waals surface area (Å²) in [7, 11) is 0. The van der Waals surface area contributed by atoms with Gasteiger partial charge in [0.25, 0.3) is 0 Å². The minimum atomic E-state index is -2.10. The molecule has 18 heavy (non-hydrogen) atoms. The van der Waals surface area contributed by atoms with Gasteiger partial charge in [0.15, 0.2) is 0 Å². The van der Waals surface area contributed by atoms with E-state index in [1.54, 1.807) is 24.3 Å². The lowest BCUT2D eigenvalue weighted by molar-refractivity contribution is -0.0388. The van der Waals surface area contributed by atoms with Crippen LogP contribution in [-0.4, -0.2) is 11.0 Å². The van der Waals surface area contributed by atoms with Crippen LogP contribution < -0.4 is 0 Å². The molecular formula is C16H23FO. The predicted molar refractivity (Wildman–Crippen MR) is 77.7 cm³/mol. The molecule has 1 unspecified atom stereocenters. The topological polar surface area (TPSA) is 20.2 Å². The van der Waals surface area contributed by atoms with E-state index in [9.17, 15) is 4.39 Å². The van der Waals surface area contributed by atoms with E-state index in [0.717, 1.165) is 11.1 Å². The summed E-state index contributed by atoms with van der Waals surface area (Å²) in [6.45, 7) is 11.4. The maximum absolute atomic E-state index is 12.5. The van der Waals surface area contributed by atoms with Crippen LogP contribution >= 0.6 is 0 Å². The zero-order valence-corrected chi connectivity index (χ0v) is 11.7. The number of hydrogen-bond donors (Lipinski definition) is 1. The minimum absolute atomic E-state index is 0.0787. The van der Waals surface area contributed by atoms with Crippen molar-refractivity contribution in [3.8, 4) is 12.3 Å². The second kappa shape index (κ2) is 10.6. The lowest BCUT2D eigenvalue weighted by Crippen LogP contribution is -2.19. The molecule has 0 bridgehead atoms. The summed E-state index contributed by atoms with van der Waals surface area (Å²) in [6.07, 6.45) is 12.8. The Balaban J connectivity index is 0. The molecule has 0 radical (unpaired) electrons. The molecule has 0 aromatic rings. The second-order valence-corrected chi connectivity index (χ2v) is 3.65. The first-order valence-corrected chi connectivity index (χ1v) is 5.93. The van der Waals surface area contributed by atoms with Crippen molar-refractivity contribution in [1.82, 2.24) is 0 Å². The summed E-state index contributed by atoms with van der Waals surface area (Å²) in [5, 5.41) is 8.69. The maximum Gasteiger partial charge on any atom is 0.229 e. The molecule has 1 nitrogen and oxygen atoms in total. The lowest BCUT2D eigenvalue weighted by Gasteiger charge is -2.15. The lowest BCUT2D eigenvalue weighted by atomic mass is 10.1. The fourth-order valence-electron chi connectivity index (χ4n) is 0.890. The second-order valence-electron chi connectivity index (χ2n) is 3.65. The van der Waals surface area contributed by atoms with Crippen LogP contribution in [0.2, 0.25) is 0 Å². The molecule has 1 aliphatic rings. The van der Waals surface area contributed by atoms with Crippen LogP contribution in [0.15, 0.2) is 48.1 Å². The standard InChI is InChI=1S/C7H9FO.C7H8.C2H6/c1-6-2-4-7(8,9)5-3-6;1-4-5-6-7(2)3;1-2/h2-4,9H,5H2,1H3;1,5-6H,2H2,3H3;1-2H3/b;6-5-;. The summed E-state index contributed by atoms with van der Waals surface area (Å²) in [6, 6.07) is 0. The molecule has 0 amide bonds. The van der Waals surface area contributed by atoms with Crippen molar-refractivity contribution < 1.29 is 9.50 Å². The average molecular weight is 250 g/mol. The highest BCUT2D eigenvalue weighted by Crippen LogP contribution is 2.21. The molecule has 1 aliphatic carbocycles. The number of alkyl halides is 1. The Bertz CT molecular complexity index is 365. The van der Waals surface area contributed by atoms with E-state index >= 15 is 0 Å². The van der Waals surface area contributed by atoms with Crippen molar-refractivity contribution in [3.05, 3.63) is 48.1 Å². The van der Waals surface area contributed by atoms with Crippen molar-refractivity contribution in [2.75, 3.05) is 0 Å². The molecule has 0 heterocycles. The van der Waals surface area contributed by atoms with Gasteiger partial charge >= 0.3 is 0 Å². The summed E-state index contributed by atoms with van der Waals surface area (Å²) in [5.74, 6) is 0.260. The summed E-state index contributed by atoms with van der Waals surface area (Å²) in [5.41, 5.74) is 1.98. The van der Waals surface area contributed by atoms with Gasteiger partial charge in [0.05, 0.1) is 0 Å². The molecule has 0 saturated carbocycles. The van der Waals surface area contributed by atoms with Crippen molar-refractivity contribution in [3.63, 3.8) is 0 Å². The normalized spacial score (nSPS) is 20.8. The van der Waals surface area contributed by atoms with E-state index in [2.05, 4.69) is 12.5 Å². The van der Waals surface area contributed by atoms with Crippen LogP contribution in [0, 0.1) is 12.3 Å². The number of rotatable bonds is 1. The molecule has 0 fully saturated rings. The minimum Gasteiger partial charge on any atom is -0.358 e. The van der Waals surface area contributed by atoms with Gasteiger partial charge in [-0.1, -0.05) is 55.7 Å². The molecule has 0 aromatic carbocycles. The van der Waals surface area contributed by atoms with Gasteiger partial charge < -0.3 is 5.11 Å². The Morgan fingerprint density at radius 3 is 2.39 bits per heavy atom. The highest BCUT2D eigenvalue weighted by molar-refractivity contribution is 5.23.